The lowest BCUT2D eigenvalue weighted by Crippen LogP contribution is -2.25. The van der Waals surface area contributed by atoms with Gasteiger partial charge in [-0.25, -0.2) is 0 Å². The van der Waals surface area contributed by atoms with E-state index in [1.807, 2.05) is 6.07 Å². The largest absolute Gasteiger partial charge is 0.482 e. The van der Waals surface area contributed by atoms with Gasteiger partial charge < -0.3 is 19.5 Å². The number of halogens is 1. The first kappa shape index (κ1) is 15.7. The molecule has 2 aliphatic rings. The number of allylic oxidation sites excluding steroid dienone is 1. The third-order valence-corrected chi connectivity index (χ3v) is 4.36. The Bertz CT molecular complexity index is 922. The number of benzene rings is 2. The van der Waals surface area contributed by atoms with E-state index in [4.69, 9.17) is 14.2 Å². The number of carbonyl (C=O) groups excluding carboxylic acids is 2. The van der Waals surface area contributed by atoms with Crippen molar-refractivity contribution >= 4 is 39.4 Å². The van der Waals surface area contributed by atoms with Crippen LogP contribution in [0.1, 0.15) is 15.9 Å². The molecule has 0 fully saturated rings. The van der Waals surface area contributed by atoms with Crippen molar-refractivity contribution in [2.45, 2.75) is 0 Å². The van der Waals surface area contributed by atoms with Crippen LogP contribution < -0.4 is 19.5 Å². The summed E-state index contributed by atoms with van der Waals surface area (Å²) in [6.45, 7) is 0.169. The van der Waals surface area contributed by atoms with Crippen LogP contribution in [0.15, 0.2) is 40.9 Å². The summed E-state index contributed by atoms with van der Waals surface area (Å²) in [6, 6.07) is 8.59. The fraction of sp³-hybridized carbons (Fsp3) is 0.111. The van der Waals surface area contributed by atoms with Gasteiger partial charge in [0.2, 0.25) is 6.79 Å². The highest BCUT2D eigenvalue weighted by Crippen LogP contribution is 2.40. The fourth-order valence-corrected chi connectivity index (χ4v) is 3.16. The minimum Gasteiger partial charge on any atom is -0.482 e. The van der Waals surface area contributed by atoms with Gasteiger partial charge in [-0.05, 0) is 57.9 Å². The second-order valence-corrected chi connectivity index (χ2v) is 6.34. The Morgan fingerprint density at radius 3 is 2.88 bits per heavy atom. The van der Waals surface area contributed by atoms with Crippen molar-refractivity contribution in [2.24, 2.45) is 0 Å². The molecule has 0 aliphatic carbocycles. The average molecular weight is 402 g/mol. The van der Waals surface area contributed by atoms with Crippen molar-refractivity contribution in [3.8, 4) is 17.2 Å². The quantitative estimate of drug-likeness (QED) is 0.629. The number of hydrogen-bond acceptors (Lipinski definition) is 5. The van der Waals surface area contributed by atoms with Gasteiger partial charge >= 0.3 is 0 Å². The Hall–Kier alpha value is -2.80. The van der Waals surface area contributed by atoms with Crippen molar-refractivity contribution in [2.75, 3.05) is 18.7 Å². The van der Waals surface area contributed by atoms with Gasteiger partial charge in [-0.3, -0.25) is 9.59 Å². The normalized spacial score (nSPS) is 14.8. The number of hydrogen-bond donors (Lipinski definition) is 1. The molecule has 0 saturated heterocycles. The monoisotopic (exact) mass is 401 g/mol. The Morgan fingerprint density at radius 1 is 1.12 bits per heavy atom. The lowest BCUT2D eigenvalue weighted by molar-refractivity contribution is -0.118. The van der Waals surface area contributed by atoms with Gasteiger partial charge in [0.1, 0.15) is 5.75 Å². The number of carbonyl (C=O) groups is 2. The van der Waals surface area contributed by atoms with E-state index < -0.39 is 0 Å². The summed E-state index contributed by atoms with van der Waals surface area (Å²) in [5.41, 5.74) is 1.76. The Labute approximate surface area is 151 Å². The summed E-state index contributed by atoms with van der Waals surface area (Å²) < 4.78 is 16.7. The second kappa shape index (κ2) is 6.25. The topological polar surface area (TPSA) is 73.9 Å². The lowest BCUT2D eigenvalue weighted by Gasteiger charge is -2.17. The van der Waals surface area contributed by atoms with Gasteiger partial charge in [-0.1, -0.05) is 6.08 Å². The zero-order valence-electron chi connectivity index (χ0n) is 12.9. The zero-order chi connectivity index (χ0) is 17.4. The molecule has 7 heteroatoms. The number of fused-ring (bicyclic) bond motifs is 2. The predicted octanol–water partition coefficient (Wildman–Crippen LogP) is 3.40. The molecule has 0 spiro atoms. The first-order chi connectivity index (χ1) is 12.1. The summed E-state index contributed by atoms with van der Waals surface area (Å²) in [6.07, 6.45) is 3.17. The van der Waals surface area contributed by atoms with Gasteiger partial charge in [0, 0.05) is 5.56 Å². The fourth-order valence-electron chi connectivity index (χ4n) is 2.59. The van der Waals surface area contributed by atoms with Gasteiger partial charge in [0.15, 0.2) is 23.9 Å². The maximum Gasteiger partial charge on any atom is 0.262 e. The molecule has 6 nitrogen and oxygen atoms in total. The molecule has 2 aliphatic heterocycles. The molecular formula is C18H12BrNO5. The molecule has 1 amide bonds. The van der Waals surface area contributed by atoms with Gasteiger partial charge in [-0.15, -0.1) is 0 Å². The van der Waals surface area contributed by atoms with Crippen LogP contribution in [0, 0.1) is 0 Å². The molecule has 0 atom stereocenters. The minimum atomic E-state index is -0.238. The van der Waals surface area contributed by atoms with Crippen LogP contribution in [0.3, 0.4) is 0 Å². The van der Waals surface area contributed by atoms with Crippen molar-refractivity contribution in [1.82, 2.24) is 0 Å². The first-order valence-corrected chi connectivity index (χ1v) is 8.28. The van der Waals surface area contributed by atoms with E-state index in [-0.39, 0.29) is 25.1 Å². The van der Waals surface area contributed by atoms with Crippen molar-refractivity contribution in [3.63, 3.8) is 0 Å². The molecule has 2 aromatic carbocycles. The van der Waals surface area contributed by atoms with Gasteiger partial charge in [0.05, 0.1) is 10.2 Å². The number of ether oxygens (including phenoxy) is 3. The van der Waals surface area contributed by atoms with E-state index in [9.17, 15) is 9.59 Å². The van der Waals surface area contributed by atoms with Crippen LogP contribution in [0.5, 0.6) is 17.2 Å². The highest BCUT2D eigenvalue weighted by atomic mass is 79.9. The summed E-state index contributed by atoms with van der Waals surface area (Å²) in [7, 11) is 0. The summed E-state index contributed by atoms with van der Waals surface area (Å²) >= 11 is 3.42. The van der Waals surface area contributed by atoms with E-state index in [0.29, 0.717) is 28.5 Å². The van der Waals surface area contributed by atoms with Crippen LogP contribution >= 0.6 is 15.9 Å². The molecule has 2 heterocycles. The molecule has 0 aromatic heterocycles. The molecule has 2 aromatic rings. The zero-order valence-corrected chi connectivity index (χ0v) is 14.5. The van der Waals surface area contributed by atoms with E-state index in [2.05, 4.69) is 21.2 Å². The molecule has 1 N–H and O–H groups in total. The predicted molar refractivity (Wildman–Crippen MR) is 94.2 cm³/mol. The molecule has 0 saturated carbocycles. The van der Waals surface area contributed by atoms with Gasteiger partial charge in [0.25, 0.3) is 5.91 Å². The van der Waals surface area contributed by atoms with Gasteiger partial charge in [-0.2, -0.15) is 0 Å². The summed E-state index contributed by atoms with van der Waals surface area (Å²) in [5, 5.41) is 2.69. The summed E-state index contributed by atoms with van der Waals surface area (Å²) in [4.78, 5) is 23.8. The first-order valence-electron chi connectivity index (χ1n) is 7.48. The van der Waals surface area contributed by atoms with E-state index in [0.717, 1.165) is 10.0 Å². The Balaban J connectivity index is 1.56. The maximum absolute atomic E-state index is 12.4. The number of ketones is 1. The van der Waals surface area contributed by atoms with Crippen molar-refractivity contribution < 1.29 is 23.8 Å². The van der Waals surface area contributed by atoms with Crippen LogP contribution in [0.25, 0.3) is 6.08 Å². The van der Waals surface area contributed by atoms with E-state index in [1.54, 1.807) is 30.3 Å². The lowest BCUT2D eigenvalue weighted by atomic mass is 10.1. The Kier molecular flexibility index (Phi) is 3.93. The molecule has 126 valence electrons. The average Bonchev–Trinajstić information content (AvgIpc) is 3.08. The molecule has 0 unspecified atom stereocenters. The maximum atomic E-state index is 12.4. The van der Waals surface area contributed by atoms with Crippen molar-refractivity contribution in [3.05, 3.63) is 52.0 Å². The molecule has 25 heavy (non-hydrogen) atoms. The van der Waals surface area contributed by atoms with Crippen LogP contribution in [-0.4, -0.2) is 25.1 Å². The molecule has 4 rings (SSSR count). The van der Waals surface area contributed by atoms with E-state index in [1.165, 1.54) is 6.08 Å². The van der Waals surface area contributed by atoms with E-state index >= 15 is 0 Å². The highest BCUT2D eigenvalue weighted by Gasteiger charge is 2.18. The number of anilines is 1. The Morgan fingerprint density at radius 2 is 2.00 bits per heavy atom. The number of nitrogens with one attached hydrogen (secondary N) is 1. The molecular weight excluding hydrogens is 390 g/mol. The van der Waals surface area contributed by atoms with Crippen molar-refractivity contribution in [1.29, 1.82) is 0 Å². The number of amides is 1. The molecule has 0 radical (unpaired) electrons. The SMILES string of the molecule is O=C1COc2ccc(C(=O)/C=C/c3cc(Br)c4c(c3)OCO4)cc2N1. The minimum absolute atomic E-state index is 0.0147. The summed E-state index contributed by atoms with van der Waals surface area (Å²) in [5.74, 6) is 1.43. The molecule has 0 bridgehead atoms. The standard InChI is InChI=1S/C18H12BrNO5/c19-12-5-10(6-16-18(12)25-9-24-16)1-3-14(21)11-2-4-15-13(7-11)20-17(22)8-23-15/h1-7H,8-9H2,(H,20,22)/b3-1+. The van der Waals surface area contributed by atoms with Crippen LogP contribution in [0.4, 0.5) is 5.69 Å². The third-order valence-electron chi connectivity index (χ3n) is 3.77. The second-order valence-electron chi connectivity index (χ2n) is 5.48. The smallest absolute Gasteiger partial charge is 0.262 e. The number of rotatable bonds is 3. The van der Waals surface area contributed by atoms with Crippen LogP contribution in [-0.2, 0) is 4.79 Å². The highest BCUT2D eigenvalue weighted by molar-refractivity contribution is 9.10. The third kappa shape index (κ3) is 3.10. The van der Waals surface area contributed by atoms with Crippen LogP contribution in [0.2, 0.25) is 0 Å².